The Kier molecular flexibility index (Phi) is 23.4. The zero-order chi connectivity index (χ0) is 66.3. The third-order valence-electron chi connectivity index (χ3n) is 16.5. The van der Waals surface area contributed by atoms with Crippen LogP contribution < -0.4 is 53.4 Å². The first-order valence-electron chi connectivity index (χ1n) is 28.9. The molecule has 0 bridgehead atoms. The highest BCUT2D eigenvalue weighted by atomic mass is 16.7. The lowest BCUT2D eigenvalue weighted by atomic mass is 9.92. The maximum absolute atomic E-state index is 15.1. The molecule has 37 nitrogen and oxygen atoms in total. The molecule has 6 heterocycles. The van der Waals surface area contributed by atoms with Crippen LogP contribution in [-0.2, 0) is 54.1 Å². The molecule has 0 aliphatic carbocycles. The summed E-state index contributed by atoms with van der Waals surface area (Å²) in [6.45, 7) is -3.97. The summed E-state index contributed by atoms with van der Waals surface area (Å²) in [5.41, 5.74) is 12.8. The number of ether oxygens (including phenoxy) is 5. The summed E-state index contributed by atoms with van der Waals surface area (Å²) in [5.74, 6) is -9.00. The van der Waals surface area contributed by atoms with Gasteiger partial charge < -0.3 is 149 Å². The van der Waals surface area contributed by atoms with Crippen LogP contribution in [0.4, 0.5) is 0 Å². The quantitative estimate of drug-likeness (QED) is 0.0699. The predicted molar refractivity (Wildman–Crippen MR) is 303 cm³/mol. The number of aliphatic hydroxyl groups is 14. The number of nitrogens with two attached hydrogens (primary N) is 2. The van der Waals surface area contributed by atoms with Gasteiger partial charge in [-0.1, -0.05) is 49.4 Å². The van der Waals surface area contributed by atoms with E-state index in [4.69, 9.17) is 35.2 Å². The molecular formula is C54H78N12O25. The Bertz CT molecular complexity index is 2900. The van der Waals surface area contributed by atoms with Crippen LogP contribution in [0, 0.1) is 0 Å². The van der Waals surface area contributed by atoms with E-state index >= 15 is 9.59 Å². The van der Waals surface area contributed by atoms with E-state index in [0.717, 1.165) is 4.90 Å². The van der Waals surface area contributed by atoms with Crippen molar-refractivity contribution in [2.45, 2.75) is 166 Å². The highest BCUT2D eigenvalue weighted by molar-refractivity contribution is 5.98. The minimum atomic E-state index is -2.35. The van der Waals surface area contributed by atoms with Gasteiger partial charge in [-0.15, -0.1) is 0 Å². The zero-order valence-corrected chi connectivity index (χ0v) is 48.5. The van der Waals surface area contributed by atoms with Crippen LogP contribution in [0.25, 0.3) is 0 Å². The van der Waals surface area contributed by atoms with Gasteiger partial charge in [0.25, 0.3) is 0 Å². The Balaban J connectivity index is 1.11. The Morgan fingerprint density at radius 3 is 1.77 bits per heavy atom. The number of carbonyl (C=O) groups excluding carboxylic acids is 6. The lowest BCUT2D eigenvalue weighted by Gasteiger charge is -2.46. The van der Waals surface area contributed by atoms with Gasteiger partial charge in [-0.25, -0.2) is 0 Å². The highest BCUT2D eigenvalue weighted by Crippen LogP contribution is 2.32. The van der Waals surface area contributed by atoms with Crippen molar-refractivity contribution in [2.75, 3.05) is 46.1 Å². The molecule has 37 heteroatoms. The fourth-order valence-corrected chi connectivity index (χ4v) is 11.2. The monoisotopic (exact) mass is 1290 g/mol. The zero-order valence-electron chi connectivity index (χ0n) is 48.5. The van der Waals surface area contributed by atoms with Gasteiger partial charge in [-0.05, 0) is 23.3 Å². The molecule has 2 aromatic carbocycles. The van der Waals surface area contributed by atoms with Gasteiger partial charge >= 0.3 is 0 Å². The molecule has 4 saturated heterocycles. The number of nitrogens with zero attached hydrogens (tertiary/aromatic N) is 3. The molecule has 504 valence electrons. The molecule has 8 rings (SSSR count). The molecule has 0 radical (unpaired) electrons. The second-order valence-corrected chi connectivity index (χ2v) is 22.6. The number of rotatable bonds is 17. The van der Waals surface area contributed by atoms with Gasteiger partial charge in [-0.3, -0.25) is 38.8 Å². The molecule has 25 N–H and O–H groups in total. The Morgan fingerprint density at radius 1 is 0.571 bits per heavy atom. The summed E-state index contributed by atoms with van der Waals surface area (Å²) >= 11 is 0. The predicted octanol–water partition coefficient (Wildman–Crippen LogP) is -13.6. The molecule has 6 amide bonds. The van der Waals surface area contributed by atoms with Crippen LogP contribution in [0.3, 0.4) is 0 Å². The van der Waals surface area contributed by atoms with E-state index in [1.807, 2.05) is 0 Å². The maximum atomic E-state index is 15.1. The van der Waals surface area contributed by atoms with Crippen LogP contribution in [0.1, 0.15) is 24.0 Å². The smallest absolute Gasteiger partial charge is 0.246 e. The van der Waals surface area contributed by atoms with Crippen molar-refractivity contribution in [2.24, 2.45) is 21.5 Å². The van der Waals surface area contributed by atoms with Gasteiger partial charge in [0.1, 0.15) is 121 Å². The first-order valence-corrected chi connectivity index (χ1v) is 28.9. The van der Waals surface area contributed by atoms with E-state index < -0.39 is 240 Å². The molecule has 6 aliphatic rings. The number of nitrogens with one attached hydrogen (secondary N) is 7. The second kappa shape index (κ2) is 30.5. The molecule has 25 atom stereocenters. The molecular weight excluding hydrogens is 1220 g/mol. The summed E-state index contributed by atoms with van der Waals surface area (Å²) in [4.78, 5) is 96.0. The van der Waals surface area contributed by atoms with Crippen LogP contribution >= 0.6 is 0 Å². The Hall–Kier alpha value is -7.12. The molecule has 0 aromatic heterocycles. The fraction of sp³-hybridized carbons (Fsp3) is 0.630. The molecule has 91 heavy (non-hydrogen) atoms. The number of aliphatic imine (C=N–C) groups is 2. The fourth-order valence-electron chi connectivity index (χ4n) is 11.2. The van der Waals surface area contributed by atoms with E-state index in [-0.39, 0.29) is 23.8 Å². The van der Waals surface area contributed by atoms with E-state index in [1.54, 1.807) is 37.3 Å². The number of hydrogen-bond acceptors (Lipinski definition) is 31. The third kappa shape index (κ3) is 15.7. The van der Waals surface area contributed by atoms with Crippen LogP contribution in [-0.4, -0.2) is 316 Å². The van der Waals surface area contributed by atoms with Crippen molar-refractivity contribution in [3.63, 3.8) is 0 Å². The van der Waals surface area contributed by atoms with Gasteiger partial charge in [0.2, 0.25) is 41.7 Å². The van der Waals surface area contributed by atoms with Crippen LogP contribution in [0.15, 0.2) is 64.6 Å². The molecule has 2 aromatic rings. The summed E-state index contributed by atoms with van der Waals surface area (Å²) < 4.78 is 28.3. The molecule has 4 fully saturated rings. The van der Waals surface area contributed by atoms with Gasteiger partial charge in [0.15, 0.2) is 24.4 Å². The standard InChI is InChI=1S/C54H78N12O25/c1-19(21-5-3-2-4-6-21)31-47(84)60-23(11-20-7-9-22(10-8-20)87-51-43(81)40(78)44(29(18-70)90-51)91-52-42(80)39(77)37(75)28(17-69)89-52)46(83)64-32(34(72)24-12-58-53(55)62-24)49(86)65-33(48(85)61-25(15-67)45(82)57-14-30(71)63-31)35(73)26-13-59-54(56)66(26)50-41(79)38(76)36(74)27(16-68)88-50/h2-10,19,23-29,31-44,50-52,67-70,72-81H,11-18H2,1H3,(H2,56,59)(H,57,82)(H,60,84)(H,61,85)(H,63,71)(H,64,83)(H,65,86)(H3,55,58,62)/t19-,23+,24-,25-,26-,27+,28+,29+,31-,32?,33+,34-,35-,36+,37+,38-,39-,40+,41-,42-,43-,44+,50-,51-,52+/m0/s1. The molecule has 0 saturated carbocycles. The summed E-state index contributed by atoms with van der Waals surface area (Å²) in [6, 6.07) is 0.805. The van der Waals surface area contributed by atoms with Crippen molar-refractivity contribution in [3.8, 4) is 5.75 Å². The topological polar surface area (TPSA) is 596 Å². The van der Waals surface area contributed by atoms with Crippen LogP contribution in [0.2, 0.25) is 0 Å². The number of amides is 6. The number of hydrogen-bond donors (Lipinski definition) is 23. The number of aliphatic hydroxyl groups excluding tert-OH is 14. The van der Waals surface area contributed by atoms with Gasteiger partial charge in [0.05, 0.1) is 58.1 Å². The summed E-state index contributed by atoms with van der Waals surface area (Å²) in [6.07, 6.45) is -31.7. The van der Waals surface area contributed by atoms with Crippen molar-refractivity contribution in [3.05, 3.63) is 65.7 Å². The summed E-state index contributed by atoms with van der Waals surface area (Å²) in [7, 11) is 0. The minimum absolute atomic E-state index is 0.0746. The van der Waals surface area contributed by atoms with Gasteiger partial charge in [0, 0.05) is 12.3 Å². The van der Waals surface area contributed by atoms with Crippen LogP contribution in [0.5, 0.6) is 5.75 Å². The third-order valence-corrected chi connectivity index (χ3v) is 16.5. The second-order valence-electron chi connectivity index (χ2n) is 22.6. The van der Waals surface area contributed by atoms with Crippen molar-refractivity contribution < 1.29 is 124 Å². The van der Waals surface area contributed by atoms with E-state index in [1.165, 1.54) is 24.3 Å². The SMILES string of the molecule is C[C@@H](c1ccccc1)[C@@H]1NC(=O)CNC(=O)[C@H](CO)NC(=O)[C@@H]([C@@H](O)[C@@H]2CN=C(N)N2[C@H]2O[C@H](CO)[C@@H](O)[C@H](O)[C@@H]2O)NC(=O)C([C@@H](O)[C@@H]2CN=C(N)N2)NC(=O)[C@@H](Cc2ccc(O[C@H]3O[C@H](CO)[C@@H](O[C@H]4O[C@H](CO)[C@@H](O)[C@H](O)[C@@H]4O)[C@H](O)[C@@H]3O)cc2)NC1=O. The average Bonchev–Trinajstić information content (AvgIpc) is 1.85. The largest absolute Gasteiger partial charge is 0.462 e. The lowest BCUT2D eigenvalue weighted by Crippen LogP contribution is -2.70. The van der Waals surface area contributed by atoms with E-state index in [0.29, 0.717) is 5.56 Å². The van der Waals surface area contributed by atoms with Gasteiger partial charge in [-0.2, -0.15) is 0 Å². The summed E-state index contributed by atoms with van der Waals surface area (Å²) in [5, 5.41) is 167. The Labute approximate surface area is 517 Å². The number of carbonyl (C=O) groups is 6. The highest BCUT2D eigenvalue weighted by Gasteiger charge is 2.54. The lowest BCUT2D eigenvalue weighted by molar-refractivity contribution is -0.352. The normalized spacial score (nSPS) is 37.5. The van der Waals surface area contributed by atoms with Crippen molar-refractivity contribution >= 4 is 47.4 Å². The van der Waals surface area contributed by atoms with Crippen molar-refractivity contribution in [1.82, 2.24) is 42.1 Å². The first-order chi connectivity index (χ1) is 43.3. The first kappa shape index (κ1) is 69.8. The van der Waals surface area contributed by atoms with E-state index in [2.05, 4.69) is 47.2 Å². The van der Waals surface area contributed by atoms with Crippen molar-refractivity contribution in [1.29, 1.82) is 0 Å². The molecule has 0 spiro atoms. The number of benzene rings is 2. The maximum Gasteiger partial charge on any atom is 0.246 e. The minimum Gasteiger partial charge on any atom is -0.462 e. The van der Waals surface area contributed by atoms with E-state index in [9.17, 15) is 90.7 Å². The average molecular weight is 1300 g/mol. The number of guanidine groups is 2. The molecule has 6 aliphatic heterocycles. The molecule has 1 unspecified atom stereocenters. The Morgan fingerprint density at radius 2 is 1.14 bits per heavy atom.